The maximum atomic E-state index is 14.4. The fourth-order valence-corrected chi connectivity index (χ4v) is 4.67. The van der Waals surface area contributed by atoms with Crippen molar-refractivity contribution in [1.82, 2.24) is 10.6 Å². The van der Waals surface area contributed by atoms with E-state index in [1.807, 2.05) is 12.1 Å². The number of hydrogen-bond acceptors (Lipinski definition) is 3. The molecular weight excluding hydrogens is 383 g/mol. The zero-order valence-corrected chi connectivity index (χ0v) is 17.2. The van der Waals surface area contributed by atoms with Crippen LogP contribution in [-0.4, -0.2) is 30.5 Å². The number of benzene rings is 2. The van der Waals surface area contributed by atoms with E-state index in [2.05, 4.69) is 22.8 Å². The molecule has 2 N–H and O–H groups in total. The van der Waals surface area contributed by atoms with Crippen LogP contribution in [0.5, 0.6) is 5.75 Å². The Morgan fingerprint density at radius 3 is 2.60 bits per heavy atom. The highest BCUT2D eigenvalue weighted by Crippen LogP contribution is 2.32. The molecule has 1 aliphatic heterocycles. The van der Waals surface area contributed by atoms with Gasteiger partial charge >= 0.3 is 0 Å². The molecule has 5 nitrogen and oxygen atoms in total. The normalized spacial score (nSPS) is 20.7. The predicted octanol–water partition coefficient (Wildman–Crippen LogP) is 3.09. The van der Waals surface area contributed by atoms with Crippen molar-refractivity contribution in [3.63, 3.8) is 0 Å². The third-order valence-electron chi connectivity index (χ3n) is 6.26. The molecule has 4 rings (SSSR count). The lowest BCUT2D eigenvalue weighted by Crippen LogP contribution is -2.45. The topological polar surface area (TPSA) is 67.4 Å². The van der Waals surface area contributed by atoms with Crippen LogP contribution in [0.25, 0.3) is 0 Å². The number of carbonyl (C=O) groups excluding carboxylic acids is 2. The molecule has 0 unspecified atom stereocenters. The number of halogens is 1. The second-order valence-corrected chi connectivity index (χ2v) is 8.40. The largest absolute Gasteiger partial charge is 0.497 e. The van der Waals surface area contributed by atoms with Crippen LogP contribution in [0.3, 0.4) is 0 Å². The first-order chi connectivity index (χ1) is 14.5. The minimum Gasteiger partial charge on any atom is -0.497 e. The van der Waals surface area contributed by atoms with Gasteiger partial charge in [0.15, 0.2) is 0 Å². The van der Waals surface area contributed by atoms with Gasteiger partial charge in [-0.05, 0) is 67.0 Å². The molecule has 6 heteroatoms. The summed E-state index contributed by atoms with van der Waals surface area (Å²) >= 11 is 0. The van der Waals surface area contributed by atoms with Crippen LogP contribution in [0.1, 0.15) is 42.4 Å². The lowest BCUT2D eigenvalue weighted by Gasteiger charge is -2.30. The van der Waals surface area contributed by atoms with Crippen LogP contribution in [0.2, 0.25) is 0 Å². The van der Waals surface area contributed by atoms with Crippen LogP contribution in [0.4, 0.5) is 4.39 Å². The van der Waals surface area contributed by atoms with Gasteiger partial charge in [-0.15, -0.1) is 0 Å². The third kappa shape index (κ3) is 4.48. The summed E-state index contributed by atoms with van der Waals surface area (Å²) in [5.41, 5.74) is 2.45. The molecule has 1 aliphatic carbocycles. The van der Waals surface area contributed by atoms with Crippen molar-refractivity contribution in [3.05, 3.63) is 65.0 Å². The number of methoxy groups -OCH3 is 1. The van der Waals surface area contributed by atoms with Crippen LogP contribution < -0.4 is 15.4 Å². The van der Waals surface area contributed by atoms with E-state index >= 15 is 0 Å². The summed E-state index contributed by atoms with van der Waals surface area (Å²) in [7, 11) is 1.54. The maximum absolute atomic E-state index is 14.4. The van der Waals surface area contributed by atoms with Crippen molar-refractivity contribution in [2.24, 2.45) is 0 Å². The fraction of sp³-hybridized carbons (Fsp3) is 0.417. The lowest BCUT2D eigenvalue weighted by atomic mass is 9.84. The number of hydrogen-bond donors (Lipinski definition) is 2. The Bertz CT molecular complexity index is 936. The lowest BCUT2D eigenvalue weighted by molar-refractivity contribution is -0.123. The molecule has 1 fully saturated rings. The van der Waals surface area contributed by atoms with Crippen LogP contribution in [-0.2, 0) is 28.9 Å². The van der Waals surface area contributed by atoms with Gasteiger partial charge in [-0.25, -0.2) is 4.39 Å². The second kappa shape index (κ2) is 8.46. The van der Waals surface area contributed by atoms with Gasteiger partial charge in [0.25, 0.3) is 0 Å². The first-order valence-corrected chi connectivity index (χ1v) is 10.5. The smallest absolute Gasteiger partial charge is 0.220 e. The van der Waals surface area contributed by atoms with Crippen molar-refractivity contribution in [2.45, 2.75) is 56.5 Å². The van der Waals surface area contributed by atoms with Crippen molar-refractivity contribution in [2.75, 3.05) is 7.11 Å². The van der Waals surface area contributed by atoms with E-state index in [0.717, 1.165) is 12.8 Å². The Labute approximate surface area is 176 Å². The van der Waals surface area contributed by atoms with Crippen molar-refractivity contribution < 1.29 is 18.7 Å². The molecule has 30 heavy (non-hydrogen) atoms. The summed E-state index contributed by atoms with van der Waals surface area (Å²) in [6.45, 7) is 0. The number of amides is 2. The van der Waals surface area contributed by atoms with E-state index in [1.165, 1.54) is 24.3 Å². The molecule has 1 heterocycles. The standard InChI is InChI=1S/C24H27FN2O3/c1-30-20-6-7-21(25)18(14-20)15-24(11-9-23(29)27-24)10-8-22(28)26-19-12-16-4-2-3-5-17(16)13-19/h2-7,14,19H,8-13,15H2,1H3,(H,26,28)(H,27,29)/t24-/m0/s1. The van der Waals surface area contributed by atoms with E-state index in [0.29, 0.717) is 43.4 Å². The zero-order chi connectivity index (χ0) is 21.1. The van der Waals surface area contributed by atoms with Gasteiger partial charge in [0.1, 0.15) is 11.6 Å². The molecule has 0 saturated carbocycles. The van der Waals surface area contributed by atoms with E-state index in [1.54, 1.807) is 12.1 Å². The molecular formula is C24H27FN2O3. The number of nitrogens with one attached hydrogen (secondary N) is 2. The summed E-state index contributed by atoms with van der Waals surface area (Å²) in [5, 5.41) is 6.14. The summed E-state index contributed by atoms with van der Waals surface area (Å²) in [5.74, 6) is 0.165. The average Bonchev–Trinajstić information content (AvgIpc) is 3.31. The van der Waals surface area contributed by atoms with Crippen molar-refractivity contribution in [3.8, 4) is 5.75 Å². The molecule has 0 radical (unpaired) electrons. The van der Waals surface area contributed by atoms with Gasteiger partial charge in [-0.3, -0.25) is 9.59 Å². The molecule has 2 aromatic carbocycles. The van der Waals surface area contributed by atoms with E-state index in [9.17, 15) is 14.0 Å². The molecule has 0 spiro atoms. The molecule has 2 amide bonds. The Hall–Kier alpha value is -2.89. The highest BCUT2D eigenvalue weighted by molar-refractivity contribution is 5.80. The third-order valence-corrected chi connectivity index (χ3v) is 6.26. The van der Waals surface area contributed by atoms with Crippen molar-refractivity contribution >= 4 is 11.8 Å². The molecule has 0 bridgehead atoms. The number of ether oxygens (including phenoxy) is 1. The van der Waals surface area contributed by atoms with Gasteiger partial charge in [-0.2, -0.15) is 0 Å². The second-order valence-electron chi connectivity index (χ2n) is 8.40. The van der Waals surface area contributed by atoms with Crippen molar-refractivity contribution in [1.29, 1.82) is 0 Å². The zero-order valence-electron chi connectivity index (χ0n) is 17.2. The van der Waals surface area contributed by atoms with Crippen LogP contribution in [0.15, 0.2) is 42.5 Å². The Morgan fingerprint density at radius 2 is 1.97 bits per heavy atom. The minimum atomic E-state index is -0.611. The Kier molecular flexibility index (Phi) is 5.75. The van der Waals surface area contributed by atoms with Gasteiger partial charge in [0, 0.05) is 24.4 Å². The fourth-order valence-electron chi connectivity index (χ4n) is 4.67. The summed E-state index contributed by atoms with van der Waals surface area (Å²) in [4.78, 5) is 24.6. The van der Waals surface area contributed by atoms with E-state index in [-0.39, 0.29) is 23.7 Å². The monoisotopic (exact) mass is 410 g/mol. The highest BCUT2D eigenvalue weighted by atomic mass is 19.1. The number of rotatable bonds is 7. The van der Waals surface area contributed by atoms with Gasteiger partial charge < -0.3 is 15.4 Å². The van der Waals surface area contributed by atoms with Crippen LogP contribution >= 0.6 is 0 Å². The summed E-state index contributed by atoms with van der Waals surface area (Å²) in [6.07, 6.45) is 3.77. The summed E-state index contributed by atoms with van der Waals surface area (Å²) in [6, 6.07) is 13.0. The minimum absolute atomic E-state index is 0.0283. The molecule has 2 aliphatic rings. The SMILES string of the molecule is COc1ccc(F)c(C[C@]2(CCC(=O)NC3Cc4ccccc4C3)CCC(=O)N2)c1. The molecule has 2 aromatic rings. The van der Waals surface area contributed by atoms with Gasteiger partial charge in [0.2, 0.25) is 11.8 Å². The number of carbonyl (C=O) groups is 2. The molecule has 1 atom stereocenters. The predicted molar refractivity (Wildman–Crippen MR) is 112 cm³/mol. The van der Waals surface area contributed by atoms with Gasteiger partial charge in [-0.1, -0.05) is 24.3 Å². The van der Waals surface area contributed by atoms with E-state index < -0.39 is 5.54 Å². The Balaban J connectivity index is 1.39. The van der Waals surface area contributed by atoms with Crippen LogP contribution in [0, 0.1) is 5.82 Å². The quantitative estimate of drug-likeness (QED) is 0.737. The Morgan fingerprint density at radius 1 is 1.23 bits per heavy atom. The first kappa shape index (κ1) is 20.4. The summed E-state index contributed by atoms with van der Waals surface area (Å²) < 4.78 is 19.6. The van der Waals surface area contributed by atoms with Gasteiger partial charge in [0.05, 0.1) is 7.11 Å². The average molecular weight is 410 g/mol. The highest BCUT2D eigenvalue weighted by Gasteiger charge is 2.38. The van der Waals surface area contributed by atoms with E-state index in [4.69, 9.17) is 4.74 Å². The maximum Gasteiger partial charge on any atom is 0.220 e. The molecule has 1 saturated heterocycles. The first-order valence-electron chi connectivity index (χ1n) is 10.5. The molecule has 0 aromatic heterocycles. The molecule has 158 valence electrons. The number of fused-ring (bicyclic) bond motifs is 1.